The molecule has 1 amide bonds. The fourth-order valence-corrected chi connectivity index (χ4v) is 3.83. The van der Waals surface area contributed by atoms with E-state index in [2.05, 4.69) is 30.7 Å². The number of nitrogens with one attached hydrogen (secondary N) is 3. The van der Waals surface area contributed by atoms with Crippen LogP contribution in [0.15, 0.2) is 30.5 Å². The van der Waals surface area contributed by atoms with Crippen molar-refractivity contribution in [2.24, 2.45) is 11.7 Å². The van der Waals surface area contributed by atoms with Gasteiger partial charge in [0.15, 0.2) is 0 Å². The molecule has 0 aliphatic heterocycles. The van der Waals surface area contributed by atoms with Crippen LogP contribution in [0, 0.1) is 16.0 Å². The monoisotopic (exact) mass is 497 g/mol. The summed E-state index contributed by atoms with van der Waals surface area (Å²) in [5.74, 6) is -0.501. The Morgan fingerprint density at radius 1 is 1.20 bits per heavy atom. The summed E-state index contributed by atoms with van der Waals surface area (Å²) < 4.78 is 41.9. The molecule has 190 valence electrons. The Bertz CT molecular complexity index is 1030. The molecule has 5 N–H and O–H groups in total. The van der Waals surface area contributed by atoms with E-state index in [4.69, 9.17) is 5.73 Å². The number of halogens is 3. The molecule has 35 heavy (non-hydrogen) atoms. The Balaban J connectivity index is 1.60. The molecule has 14 heteroatoms. The van der Waals surface area contributed by atoms with Crippen LogP contribution in [0.5, 0.6) is 5.75 Å². The number of nitrogens with zero attached hydrogens (tertiary/aromatic N) is 3. The SMILES string of the molecule is NC(=O)CNC1CCC(CNc2nc(NCc3ccccc3OC(F)(F)F)ncc2[N+](=O)[O-])CC1. The van der Waals surface area contributed by atoms with Gasteiger partial charge in [-0.05, 0) is 37.7 Å². The number of rotatable bonds is 11. The van der Waals surface area contributed by atoms with Crippen molar-refractivity contribution >= 4 is 23.4 Å². The summed E-state index contributed by atoms with van der Waals surface area (Å²) in [6.07, 6.45) is -0.406. The molecular formula is C21H26F3N7O4. The number of nitrogens with two attached hydrogens (primary N) is 1. The second-order valence-corrected chi connectivity index (χ2v) is 8.14. The van der Waals surface area contributed by atoms with Crippen molar-refractivity contribution in [3.8, 4) is 5.75 Å². The number of hydrogen-bond donors (Lipinski definition) is 4. The summed E-state index contributed by atoms with van der Waals surface area (Å²) in [6, 6.07) is 5.81. The third-order valence-electron chi connectivity index (χ3n) is 5.57. The predicted molar refractivity (Wildman–Crippen MR) is 121 cm³/mol. The van der Waals surface area contributed by atoms with E-state index < -0.39 is 17.2 Å². The fraction of sp³-hybridized carbons (Fsp3) is 0.476. The highest BCUT2D eigenvalue weighted by Crippen LogP contribution is 2.29. The third kappa shape index (κ3) is 8.24. The number of para-hydroxylation sites is 1. The van der Waals surface area contributed by atoms with Crippen LogP contribution in [0.2, 0.25) is 0 Å². The summed E-state index contributed by atoms with van der Waals surface area (Å²) in [5.41, 5.74) is 5.05. The Morgan fingerprint density at radius 2 is 1.91 bits per heavy atom. The summed E-state index contributed by atoms with van der Waals surface area (Å²) in [7, 11) is 0. The molecule has 3 rings (SSSR count). The largest absolute Gasteiger partial charge is 0.573 e. The van der Waals surface area contributed by atoms with E-state index in [9.17, 15) is 28.1 Å². The van der Waals surface area contributed by atoms with Gasteiger partial charge in [-0.1, -0.05) is 18.2 Å². The number of hydrogen-bond acceptors (Lipinski definition) is 9. The molecular weight excluding hydrogens is 471 g/mol. The molecule has 0 spiro atoms. The molecule has 1 fully saturated rings. The molecule has 1 aliphatic carbocycles. The summed E-state index contributed by atoms with van der Waals surface area (Å²) in [6.45, 7) is 0.483. The van der Waals surface area contributed by atoms with Gasteiger partial charge in [-0.25, -0.2) is 4.98 Å². The Hall–Kier alpha value is -3.68. The lowest BCUT2D eigenvalue weighted by Gasteiger charge is -2.29. The smallest absolute Gasteiger partial charge is 0.405 e. The van der Waals surface area contributed by atoms with Crippen molar-refractivity contribution in [1.29, 1.82) is 0 Å². The van der Waals surface area contributed by atoms with Gasteiger partial charge in [-0.15, -0.1) is 13.2 Å². The molecule has 0 unspecified atom stereocenters. The van der Waals surface area contributed by atoms with E-state index in [0.29, 0.717) is 6.54 Å². The molecule has 1 saturated carbocycles. The first-order chi connectivity index (χ1) is 16.6. The lowest BCUT2D eigenvalue weighted by Crippen LogP contribution is -2.39. The van der Waals surface area contributed by atoms with Gasteiger partial charge in [-0.3, -0.25) is 14.9 Å². The quantitative estimate of drug-likeness (QED) is 0.271. The van der Waals surface area contributed by atoms with E-state index in [0.717, 1.165) is 31.9 Å². The summed E-state index contributed by atoms with van der Waals surface area (Å²) >= 11 is 0. The van der Waals surface area contributed by atoms with Gasteiger partial charge >= 0.3 is 12.0 Å². The van der Waals surface area contributed by atoms with Gasteiger partial charge in [0, 0.05) is 24.7 Å². The number of nitro groups is 1. The second kappa shape index (κ2) is 11.6. The lowest BCUT2D eigenvalue weighted by molar-refractivity contribution is -0.384. The van der Waals surface area contributed by atoms with Gasteiger partial charge in [0.1, 0.15) is 11.9 Å². The lowest BCUT2D eigenvalue weighted by atomic mass is 9.86. The van der Waals surface area contributed by atoms with Crippen LogP contribution in [0.25, 0.3) is 0 Å². The topological polar surface area (TPSA) is 157 Å². The van der Waals surface area contributed by atoms with Crippen LogP contribution in [-0.4, -0.2) is 46.3 Å². The highest BCUT2D eigenvalue weighted by atomic mass is 19.4. The van der Waals surface area contributed by atoms with E-state index in [-0.39, 0.29) is 53.8 Å². The van der Waals surface area contributed by atoms with Crippen molar-refractivity contribution in [2.75, 3.05) is 23.7 Å². The van der Waals surface area contributed by atoms with Gasteiger partial charge in [0.25, 0.3) is 0 Å². The highest BCUT2D eigenvalue weighted by molar-refractivity contribution is 5.75. The maximum absolute atomic E-state index is 12.6. The number of aromatic nitrogens is 2. The number of anilines is 2. The predicted octanol–water partition coefficient (Wildman–Crippen LogP) is 2.94. The zero-order valence-electron chi connectivity index (χ0n) is 18.7. The molecule has 1 aromatic heterocycles. The van der Waals surface area contributed by atoms with Gasteiger partial charge in [-0.2, -0.15) is 4.98 Å². The van der Waals surface area contributed by atoms with E-state index >= 15 is 0 Å². The molecule has 1 aliphatic rings. The van der Waals surface area contributed by atoms with Gasteiger partial charge in [0.05, 0.1) is 11.5 Å². The zero-order chi connectivity index (χ0) is 25.4. The maximum Gasteiger partial charge on any atom is 0.573 e. The van der Waals surface area contributed by atoms with Crippen molar-refractivity contribution in [2.45, 2.75) is 44.6 Å². The van der Waals surface area contributed by atoms with Crippen molar-refractivity contribution < 1.29 is 27.6 Å². The zero-order valence-corrected chi connectivity index (χ0v) is 18.7. The Morgan fingerprint density at radius 3 is 2.57 bits per heavy atom. The Kier molecular flexibility index (Phi) is 8.63. The molecule has 0 bridgehead atoms. The Labute approximate surface area is 198 Å². The van der Waals surface area contributed by atoms with E-state index in [1.54, 1.807) is 6.07 Å². The number of benzene rings is 1. The molecule has 2 aromatic rings. The number of alkyl halides is 3. The van der Waals surface area contributed by atoms with Crippen molar-refractivity contribution in [3.05, 3.63) is 46.1 Å². The van der Waals surface area contributed by atoms with Crippen LogP contribution in [0.4, 0.5) is 30.6 Å². The molecule has 1 heterocycles. The number of primary amides is 1. The second-order valence-electron chi connectivity index (χ2n) is 8.14. The first-order valence-electron chi connectivity index (χ1n) is 10.9. The molecule has 0 saturated heterocycles. The minimum atomic E-state index is -4.84. The average molecular weight is 497 g/mol. The van der Waals surface area contributed by atoms with Crippen LogP contribution >= 0.6 is 0 Å². The van der Waals surface area contributed by atoms with E-state index in [1.807, 2.05) is 0 Å². The third-order valence-corrected chi connectivity index (χ3v) is 5.57. The summed E-state index contributed by atoms with van der Waals surface area (Å²) in [5, 5.41) is 20.3. The van der Waals surface area contributed by atoms with Gasteiger partial charge in [0.2, 0.25) is 17.7 Å². The van der Waals surface area contributed by atoms with Gasteiger partial charge < -0.3 is 26.4 Å². The fourth-order valence-electron chi connectivity index (χ4n) is 3.83. The normalized spacial score (nSPS) is 18.0. The first kappa shape index (κ1) is 25.9. The first-order valence-corrected chi connectivity index (χ1v) is 10.9. The van der Waals surface area contributed by atoms with Crippen LogP contribution in [0.3, 0.4) is 0 Å². The minimum absolute atomic E-state index is 0.0132. The molecule has 1 aromatic carbocycles. The van der Waals surface area contributed by atoms with Crippen LogP contribution in [-0.2, 0) is 11.3 Å². The van der Waals surface area contributed by atoms with E-state index in [1.165, 1.54) is 18.2 Å². The number of amides is 1. The summed E-state index contributed by atoms with van der Waals surface area (Å²) in [4.78, 5) is 29.8. The minimum Gasteiger partial charge on any atom is -0.405 e. The molecule has 11 nitrogen and oxygen atoms in total. The number of carbonyl (C=O) groups excluding carboxylic acids is 1. The van der Waals surface area contributed by atoms with Crippen LogP contribution in [0.1, 0.15) is 31.2 Å². The number of carbonyl (C=O) groups is 1. The standard InChI is InChI=1S/C21H26F3N7O4/c22-21(23,24)35-17-4-2-1-3-14(17)10-28-20-29-11-16(31(33)34)19(30-20)27-9-13-5-7-15(8-6-13)26-12-18(25)32/h1-4,11,13,15,26H,5-10,12H2,(H2,25,32)(H2,27,28,29,30). The maximum atomic E-state index is 12.6. The molecule has 0 atom stereocenters. The average Bonchev–Trinajstić information content (AvgIpc) is 2.80. The van der Waals surface area contributed by atoms with Crippen molar-refractivity contribution in [3.63, 3.8) is 0 Å². The van der Waals surface area contributed by atoms with Crippen LogP contribution < -0.4 is 26.4 Å². The van der Waals surface area contributed by atoms with Crippen molar-refractivity contribution in [1.82, 2.24) is 15.3 Å². The molecule has 0 radical (unpaired) electrons. The highest BCUT2D eigenvalue weighted by Gasteiger charge is 2.32. The number of ether oxygens (including phenoxy) is 1.